The van der Waals surface area contributed by atoms with Gasteiger partial charge in [-0.3, -0.25) is 0 Å². The van der Waals surface area contributed by atoms with Gasteiger partial charge in [-0.15, -0.1) is 0 Å². The van der Waals surface area contributed by atoms with E-state index in [0.717, 1.165) is 0 Å². The molecule has 3 heteroatoms. The van der Waals surface area contributed by atoms with Crippen molar-refractivity contribution in [3.63, 3.8) is 0 Å². The average Bonchev–Trinajstić information content (AvgIpc) is 1.67. The summed E-state index contributed by atoms with van der Waals surface area (Å²) in [6, 6.07) is 0. The molecule has 0 heterocycles. The minimum atomic E-state index is -0.778. The van der Waals surface area contributed by atoms with Crippen LogP contribution in [-0.2, 0) is 0 Å². The molecule has 0 amide bonds. The molecular formula is C5H12O3. The van der Waals surface area contributed by atoms with Gasteiger partial charge in [-0.2, -0.15) is 0 Å². The fourth-order valence-corrected chi connectivity index (χ4v) is 0.373. The molecule has 0 aromatic heterocycles. The highest BCUT2D eigenvalue weighted by Crippen LogP contribution is 1.95. The van der Waals surface area contributed by atoms with Crippen molar-refractivity contribution in [3.8, 4) is 0 Å². The molecule has 0 bridgehead atoms. The van der Waals surface area contributed by atoms with E-state index in [2.05, 4.69) is 0 Å². The van der Waals surface area contributed by atoms with E-state index >= 15 is 0 Å². The molecule has 0 saturated heterocycles. The second kappa shape index (κ2) is 3.83. The minimum Gasteiger partial charge on any atom is -0.396 e. The van der Waals surface area contributed by atoms with Gasteiger partial charge in [0.15, 0.2) is 0 Å². The Balaban J connectivity index is 3.17. The van der Waals surface area contributed by atoms with E-state index in [9.17, 15) is 0 Å². The summed E-state index contributed by atoms with van der Waals surface area (Å²) in [6.07, 6.45) is -1.26. The van der Waals surface area contributed by atoms with Gasteiger partial charge >= 0.3 is 0 Å². The molecule has 0 aliphatic heterocycles. The van der Waals surface area contributed by atoms with Crippen LogP contribution < -0.4 is 0 Å². The first kappa shape index (κ1) is 7.88. The van der Waals surface area contributed by atoms with Crippen LogP contribution in [0.1, 0.15) is 13.3 Å². The van der Waals surface area contributed by atoms with Gasteiger partial charge in [0.2, 0.25) is 0 Å². The molecule has 0 fully saturated rings. The van der Waals surface area contributed by atoms with Gasteiger partial charge < -0.3 is 15.3 Å². The molecule has 3 N–H and O–H groups in total. The maximum absolute atomic E-state index is 8.72. The van der Waals surface area contributed by atoms with Crippen LogP contribution in [0, 0.1) is 0 Å². The van der Waals surface area contributed by atoms with Gasteiger partial charge in [0, 0.05) is 6.61 Å². The molecule has 0 aromatic rings. The van der Waals surface area contributed by atoms with E-state index in [-0.39, 0.29) is 13.0 Å². The molecule has 2 unspecified atom stereocenters. The molecule has 3 nitrogen and oxygen atoms in total. The van der Waals surface area contributed by atoms with Gasteiger partial charge in [0.1, 0.15) is 0 Å². The molecule has 0 rings (SSSR count). The van der Waals surface area contributed by atoms with Crippen LogP contribution in [0.4, 0.5) is 0 Å². The Bertz CT molecular complexity index is 53.6. The first-order valence-corrected chi connectivity index (χ1v) is 2.65. The fourth-order valence-electron chi connectivity index (χ4n) is 0.373. The normalized spacial score (nSPS) is 18.0. The molecule has 0 aliphatic carbocycles. The smallest absolute Gasteiger partial charge is 0.0818 e. The van der Waals surface area contributed by atoms with Crippen LogP contribution in [0.5, 0.6) is 0 Å². The molecular weight excluding hydrogens is 108 g/mol. The standard InChI is InChI=1S/C5H12O3/c1-4(7)5(8)2-3-6/h4-8H,2-3H2,1H3. The summed E-state index contributed by atoms with van der Waals surface area (Å²) < 4.78 is 0. The lowest BCUT2D eigenvalue weighted by Gasteiger charge is -2.10. The molecule has 0 aliphatic rings. The number of hydrogen-bond acceptors (Lipinski definition) is 3. The Morgan fingerprint density at radius 2 is 1.88 bits per heavy atom. The Morgan fingerprint density at radius 3 is 2.00 bits per heavy atom. The van der Waals surface area contributed by atoms with Crippen molar-refractivity contribution in [2.24, 2.45) is 0 Å². The van der Waals surface area contributed by atoms with Crippen LogP contribution in [-0.4, -0.2) is 34.1 Å². The monoisotopic (exact) mass is 120 g/mol. The topological polar surface area (TPSA) is 60.7 Å². The van der Waals surface area contributed by atoms with E-state index in [1.165, 1.54) is 6.92 Å². The summed E-state index contributed by atoms with van der Waals surface area (Å²) in [4.78, 5) is 0. The number of hydrogen-bond donors (Lipinski definition) is 3. The van der Waals surface area contributed by atoms with Crippen molar-refractivity contribution in [1.82, 2.24) is 0 Å². The van der Waals surface area contributed by atoms with Gasteiger partial charge in [-0.25, -0.2) is 0 Å². The summed E-state index contributed by atoms with van der Waals surface area (Å²) in [5, 5.41) is 25.5. The van der Waals surface area contributed by atoms with Crippen molar-refractivity contribution in [1.29, 1.82) is 0 Å². The van der Waals surface area contributed by atoms with Crippen molar-refractivity contribution in [3.05, 3.63) is 0 Å². The second-order valence-corrected chi connectivity index (χ2v) is 1.82. The van der Waals surface area contributed by atoms with Crippen LogP contribution in [0.2, 0.25) is 0 Å². The highest BCUT2D eigenvalue weighted by Gasteiger charge is 2.08. The highest BCUT2D eigenvalue weighted by molar-refractivity contribution is 4.59. The third-order valence-corrected chi connectivity index (χ3v) is 0.982. The summed E-state index contributed by atoms with van der Waals surface area (Å²) in [7, 11) is 0. The lowest BCUT2D eigenvalue weighted by molar-refractivity contribution is 0.0162. The summed E-state index contributed by atoms with van der Waals surface area (Å²) in [5.41, 5.74) is 0. The average molecular weight is 120 g/mol. The first-order chi connectivity index (χ1) is 3.68. The van der Waals surface area contributed by atoms with Gasteiger partial charge in [0.25, 0.3) is 0 Å². The second-order valence-electron chi connectivity index (χ2n) is 1.82. The quantitative estimate of drug-likeness (QED) is 0.453. The maximum Gasteiger partial charge on any atom is 0.0818 e. The Morgan fingerprint density at radius 1 is 1.38 bits per heavy atom. The van der Waals surface area contributed by atoms with E-state index in [4.69, 9.17) is 15.3 Å². The molecule has 0 aromatic carbocycles. The SMILES string of the molecule is CC(O)C(O)CCO. The van der Waals surface area contributed by atoms with Gasteiger partial charge in [-0.05, 0) is 13.3 Å². The predicted octanol–water partition coefficient (Wildman–Crippen LogP) is -0.890. The predicted molar refractivity (Wildman–Crippen MR) is 29.4 cm³/mol. The molecule has 0 saturated carbocycles. The Hall–Kier alpha value is -0.120. The third-order valence-electron chi connectivity index (χ3n) is 0.982. The largest absolute Gasteiger partial charge is 0.396 e. The Labute approximate surface area is 48.6 Å². The van der Waals surface area contributed by atoms with Crippen molar-refractivity contribution >= 4 is 0 Å². The molecule has 2 atom stereocenters. The van der Waals surface area contributed by atoms with Crippen molar-refractivity contribution < 1.29 is 15.3 Å². The molecule has 0 spiro atoms. The molecule has 0 radical (unpaired) electrons. The van der Waals surface area contributed by atoms with Crippen LogP contribution in [0.15, 0.2) is 0 Å². The zero-order chi connectivity index (χ0) is 6.57. The summed E-state index contributed by atoms with van der Waals surface area (Å²) in [6.45, 7) is 1.41. The van der Waals surface area contributed by atoms with E-state index < -0.39 is 12.2 Å². The van der Waals surface area contributed by atoms with E-state index in [1.807, 2.05) is 0 Å². The van der Waals surface area contributed by atoms with Gasteiger partial charge in [0.05, 0.1) is 12.2 Å². The third kappa shape index (κ3) is 2.96. The molecule has 8 heavy (non-hydrogen) atoms. The zero-order valence-corrected chi connectivity index (χ0v) is 4.91. The minimum absolute atomic E-state index is 0.0773. The van der Waals surface area contributed by atoms with E-state index in [1.54, 1.807) is 0 Å². The van der Waals surface area contributed by atoms with Crippen LogP contribution >= 0.6 is 0 Å². The Kier molecular flexibility index (Phi) is 3.77. The van der Waals surface area contributed by atoms with E-state index in [0.29, 0.717) is 0 Å². The lowest BCUT2D eigenvalue weighted by Crippen LogP contribution is -2.23. The maximum atomic E-state index is 8.72. The summed E-state index contributed by atoms with van der Waals surface area (Å²) >= 11 is 0. The number of aliphatic hydroxyl groups excluding tert-OH is 3. The van der Waals surface area contributed by atoms with Gasteiger partial charge in [-0.1, -0.05) is 0 Å². The van der Waals surface area contributed by atoms with Crippen LogP contribution in [0.25, 0.3) is 0 Å². The fraction of sp³-hybridized carbons (Fsp3) is 1.00. The van der Waals surface area contributed by atoms with Crippen molar-refractivity contribution in [2.45, 2.75) is 25.6 Å². The highest BCUT2D eigenvalue weighted by atomic mass is 16.3. The lowest BCUT2D eigenvalue weighted by atomic mass is 10.2. The first-order valence-electron chi connectivity index (χ1n) is 2.65. The van der Waals surface area contributed by atoms with Crippen LogP contribution in [0.3, 0.4) is 0 Å². The number of rotatable bonds is 3. The summed E-state index contributed by atoms with van der Waals surface area (Å²) in [5.74, 6) is 0. The molecule has 50 valence electrons. The van der Waals surface area contributed by atoms with Crippen molar-refractivity contribution in [2.75, 3.05) is 6.61 Å². The zero-order valence-electron chi connectivity index (χ0n) is 4.91. The number of aliphatic hydroxyl groups is 3.